The summed E-state index contributed by atoms with van der Waals surface area (Å²) >= 11 is 0. The Bertz CT molecular complexity index is 389. The van der Waals surface area contributed by atoms with Crippen LogP contribution in [-0.4, -0.2) is 45.9 Å². The zero-order chi connectivity index (χ0) is 14.4. The zero-order valence-electron chi connectivity index (χ0n) is 12.4. The van der Waals surface area contributed by atoms with Crippen LogP contribution < -0.4 is 0 Å². The number of aliphatic hydroxyl groups excluding tert-OH is 1. The van der Waals surface area contributed by atoms with E-state index >= 15 is 0 Å². The van der Waals surface area contributed by atoms with Gasteiger partial charge in [0, 0.05) is 19.7 Å². The number of aromatic nitrogens is 2. The minimum atomic E-state index is -0.345. The lowest BCUT2D eigenvalue weighted by molar-refractivity contribution is 0.0744. The first-order chi connectivity index (χ1) is 9.69. The minimum absolute atomic E-state index is 0.340. The summed E-state index contributed by atoms with van der Waals surface area (Å²) in [7, 11) is 1.60. The molecule has 6 nitrogen and oxygen atoms in total. The molecule has 1 fully saturated rings. The van der Waals surface area contributed by atoms with Crippen LogP contribution in [0, 0.1) is 0 Å². The van der Waals surface area contributed by atoms with Crippen LogP contribution in [0.4, 0.5) is 0 Å². The van der Waals surface area contributed by atoms with Crippen molar-refractivity contribution in [2.45, 2.75) is 64.3 Å². The highest BCUT2D eigenvalue weighted by Gasteiger charge is 2.23. The van der Waals surface area contributed by atoms with Crippen molar-refractivity contribution in [1.82, 2.24) is 15.0 Å². The highest BCUT2D eigenvalue weighted by Crippen LogP contribution is 2.23. The van der Waals surface area contributed by atoms with Crippen LogP contribution >= 0.6 is 0 Å². The van der Waals surface area contributed by atoms with Crippen LogP contribution in [0.25, 0.3) is 0 Å². The molecule has 20 heavy (non-hydrogen) atoms. The normalized spacial score (nSPS) is 18.6. The van der Waals surface area contributed by atoms with Gasteiger partial charge in [0.25, 0.3) is 5.89 Å². The van der Waals surface area contributed by atoms with E-state index in [1.807, 2.05) is 6.92 Å². The average molecular weight is 283 g/mol. The van der Waals surface area contributed by atoms with Gasteiger partial charge < -0.3 is 14.4 Å². The van der Waals surface area contributed by atoms with Crippen molar-refractivity contribution in [2.24, 2.45) is 0 Å². The van der Waals surface area contributed by atoms with Crippen molar-refractivity contribution in [2.75, 3.05) is 13.7 Å². The number of rotatable bonds is 7. The molecule has 1 aromatic heterocycles. The third-order valence-electron chi connectivity index (χ3n) is 3.71. The maximum Gasteiger partial charge on any atom is 0.252 e. The van der Waals surface area contributed by atoms with Crippen LogP contribution in [0.3, 0.4) is 0 Å². The highest BCUT2D eigenvalue weighted by atomic mass is 16.5. The van der Waals surface area contributed by atoms with Crippen LogP contribution in [0.15, 0.2) is 4.52 Å². The Morgan fingerprint density at radius 2 is 2.15 bits per heavy atom. The highest BCUT2D eigenvalue weighted by molar-refractivity contribution is 4.88. The first kappa shape index (κ1) is 15.4. The molecule has 0 spiro atoms. The minimum Gasteiger partial charge on any atom is -0.392 e. The standard InChI is InChI=1S/C14H25N3O3/c1-11(18)8-17(12-6-4-3-5-7-12)9-13-15-14(10-19-2)20-16-13/h11-12,18H,3-10H2,1-2H3. The molecule has 1 unspecified atom stereocenters. The molecular formula is C14H25N3O3. The Balaban J connectivity index is 1.97. The van der Waals surface area contributed by atoms with Crippen molar-refractivity contribution in [3.63, 3.8) is 0 Å². The Kier molecular flexibility index (Phi) is 5.94. The molecule has 1 atom stereocenters. The second-order valence-electron chi connectivity index (χ2n) is 5.61. The molecule has 1 heterocycles. The maximum absolute atomic E-state index is 9.69. The third kappa shape index (κ3) is 4.54. The van der Waals surface area contributed by atoms with E-state index in [2.05, 4.69) is 15.0 Å². The molecule has 0 amide bonds. The summed E-state index contributed by atoms with van der Waals surface area (Å²) in [4.78, 5) is 6.60. The van der Waals surface area contributed by atoms with Crippen molar-refractivity contribution >= 4 is 0 Å². The summed E-state index contributed by atoms with van der Waals surface area (Å²) in [6, 6.07) is 0.516. The molecule has 0 radical (unpaired) electrons. The van der Waals surface area contributed by atoms with Gasteiger partial charge in [-0.1, -0.05) is 24.4 Å². The number of hydrogen-bond acceptors (Lipinski definition) is 6. The van der Waals surface area contributed by atoms with Gasteiger partial charge in [-0.15, -0.1) is 0 Å². The molecule has 1 saturated carbocycles. The molecule has 0 aliphatic heterocycles. The smallest absolute Gasteiger partial charge is 0.252 e. The predicted octanol–water partition coefficient (Wildman–Crippen LogP) is 1.73. The number of hydrogen-bond donors (Lipinski definition) is 1. The van der Waals surface area contributed by atoms with E-state index in [0.717, 1.165) is 0 Å². The van der Waals surface area contributed by atoms with Gasteiger partial charge in [-0.3, -0.25) is 4.90 Å². The summed E-state index contributed by atoms with van der Waals surface area (Å²) in [6.07, 6.45) is 5.89. The fourth-order valence-electron chi connectivity index (χ4n) is 2.85. The van der Waals surface area contributed by atoms with Gasteiger partial charge in [0.05, 0.1) is 12.6 Å². The van der Waals surface area contributed by atoms with Crippen LogP contribution in [-0.2, 0) is 17.9 Å². The van der Waals surface area contributed by atoms with Gasteiger partial charge >= 0.3 is 0 Å². The summed E-state index contributed by atoms with van der Waals surface area (Å²) in [6.45, 7) is 3.44. The van der Waals surface area contributed by atoms with Crippen LogP contribution in [0.1, 0.15) is 50.7 Å². The molecular weight excluding hydrogens is 258 g/mol. The lowest BCUT2D eigenvalue weighted by Gasteiger charge is -2.34. The van der Waals surface area contributed by atoms with E-state index < -0.39 is 0 Å². The van der Waals surface area contributed by atoms with Gasteiger partial charge in [0.1, 0.15) is 6.61 Å². The molecule has 1 aromatic rings. The summed E-state index contributed by atoms with van der Waals surface area (Å²) in [5.41, 5.74) is 0. The monoisotopic (exact) mass is 283 g/mol. The Morgan fingerprint density at radius 1 is 1.40 bits per heavy atom. The quantitative estimate of drug-likeness (QED) is 0.821. The summed E-state index contributed by atoms with van der Waals surface area (Å²) in [5.74, 6) is 1.17. The van der Waals surface area contributed by atoms with E-state index in [1.54, 1.807) is 7.11 Å². The number of nitrogens with zero attached hydrogens (tertiary/aromatic N) is 3. The Morgan fingerprint density at radius 3 is 2.80 bits per heavy atom. The van der Waals surface area contributed by atoms with E-state index in [1.165, 1.54) is 32.1 Å². The molecule has 0 bridgehead atoms. The Hall–Kier alpha value is -0.980. The summed E-state index contributed by atoms with van der Waals surface area (Å²) < 4.78 is 10.1. The second-order valence-corrected chi connectivity index (χ2v) is 5.61. The van der Waals surface area contributed by atoms with Crippen LogP contribution in [0.2, 0.25) is 0 Å². The molecule has 1 N–H and O–H groups in total. The number of aliphatic hydroxyl groups is 1. The van der Waals surface area contributed by atoms with E-state index in [9.17, 15) is 5.11 Å². The van der Waals surface area contributed by atoms with Gasteiger partial charge in [0.2, 0.25) is 0 Å². The summed E-state index contributed by atoms with van der Waals surface area (Å²) in [5, 5.41) is 13.7. The third-order valence-corrected chi connectivity index (χ3v) is 3.71. The largest absolute Gasteiger partial charge is 0.392 e. The molecule has 0 saturated heterocycles. The fourth-order valence-corrected chi connectivity index (χ4v) is 2.85. The molecule has 114 valence electrons. The van der Waals surface area contributed by atoms with Crippen molar-refractivity contribution in [3.8, 4) is 0 Å². The molecule has 1 aliphatic carbocycles. The Labute approximate surface area is 120 Å². The first-order valence-corrected chi connectivity index (χ1v) is 7.41. The van der Waals surface area contributed by atoms with Crippen molar-refractivity contribution < 1.29 is 14.4 Å². The maximum atomic E-state index is 9.69. The average Bonchev–Trinajstić information content (AvgIpc) is 2.86. The van der Waals surface area contributed by atoms with Crippen molar-refractivity contribution in [1.29, 1.82) is 0 Å². The number of methoxy groups -OCH3 is 1. The first-order valence-electron chi connectivity index (χ1n) is 7.41. The van der Waals surface area contributed by atoms with Gasteiger partial charge in [-0.2, -0.15) is 4.98 Å². The molecule has 0 aromatic carbocycles. The number of ether oxygens (including phenoxy) is 1. The van der Waals surface area contributed by atoms with Crippen LogP contribution in [0.5, 0.6) is 0 Å². The zero-order valence-corrected chi connectivity index (χ0v) is 12.4. The van der Waals surface area contributed by atoms with Gasteiger partial charge in [-0.25, -0.2) is 0 Å². The van der Waals surface area contributed by atoms with E-state index in [0.29, 0.717) is 37.5 Å². The van der Waals surface area contributed by atoms with E-state index in [4.69, 9.17) is 9.26 Å². The molecule has 2 rings (SSSR count). The SMILES string of the molecule is COCc1nc(CN(CC(C)O)C2CCCCC2)no1. The van der Waals surface area contributed by atoms with E-state index in [-0.39, 0.29) is 6.10 Å². The van der Waals surface area contributed by atoms with Gasteiger partial charge in [-0.05, 0) is 19.8 Å². The topological polar surface area (TPSA) is 71.6 Å². The van der Waals surface area contributed by atoms with Gasteiger partial charge in [0.15, 0.2) is 5.82 Å². The molecule has 6 heteroatoms. The second kappa shape index (κ2) is 7.71. The lowest BCUT2D eigenvalue weighted by atomic mass is 9.94. The predicted molar refractivity (Wildman–Crippen MR) is 74.0 cm³/mol. The fraction of sp³-hybridized carbons (Fsp3) is 0.857. The lowest BCUT2D eigenvalue weighted by Crippen LogP contribution is -2.40. The van der Waals surface area contributed by atoms with Crippen molar-refractivity contribution in [3.05, 3.63) is 11.7 Å². The molecule has 1 aliphatic rings.